The third-order valence-corrected chi connectivity index (χ3v) is 0. The topological polar surface area (TPSA) is 0 Å². The van der Waals surface area contributed by atoms with Crippen molar-refractivity contribution >= 4 is 28.4 Å². The third kappa shape index (κ3) is 8.87. The second-order valence-corrected chi connectivity index (χ2v) is 0. The van der Waals surface area contributed by atoms with Gasteiger partial charge in [-0.3, -0.25) is 0 Å². The number of hydrogen-bond acceptors (Lipinski definition) is 0. The van der Waals surface area contributed by atoms with Crippen molar-refractivity contribution in [3.63, 3.8) is 0 Å². The Kier molecular flexibility index (Phi) is 76.4. The Morgan fingerprint density at radius 3 is 1.00 bits per heavy atom. The molecule has 0 N–H and O–H groups in total. The average Bonchev–Trinajstić information content (AvgIpc) is 1.00. The summed E-state index contributed by atoms with van der Waals surface area (Å²) in [6, 6.07) is 0. The quantitative estimate of drug-likeness (QED) is 0.445. The molecule has 0 bridgehead atoms. The van der Waals surface area contributed by atoms with Crippen LogP contribution in [-0.4, -0.2) is 28.4 Å². The van der Waals surface area contributed by atoms with Crippen molar-refractivity contribution in [2.45, 2.75) is 0 Å². The first-order valence-electron chi connectivity index (χ1n) is 0.200. The van der Waals surface area contributed by atoms with E-state index < -0.39 is 0 Å². The van der Waals surface area contributed by atoms with E-state index in [9.17, 15) is 0 Å². The van der Waals surface area contributed by atoms with Crippen molar-refractivity contribution in [3.8, 4) is 0 Å². The van der Waals surface area contributed by atoms with Gasteiger partial charge in [-0.2, -0.15) is 0 Å². The monoisotopic (exact) mass is 401 g/mol. The molecule has 0 amide bonds. The van der Waals surface area contributed by atoms with Crippen LogP contribution in [0.4, 0.5) is 0 Å². The minimum absolute atomic E-state index is 0. The number of rotatable bonds is 0. The molecule has 0 aromatic rings. The summed E-state index contributed by atoms with van der Waals surface area (Å²) in [5.41, 5.74) is 0. The largest absolute Gasteiger partial charge is 0 e. The van der Waals surface area contributed by atoms with E-state index in [1.54, 1.807) is 0 Å². The maximum atomic E-state index is 2.25. The molecule has 0 unspecified atom stereocenters. The van der Waals surface area contributed by atoms with Crippen molar-refractivity contribution in [2.24, 2.45) is 0 Å². The summed E-state index contributed by atoms with van der Waals surface area (Å²) in [6.45, 7) is 0. The van der Waals surface area contributed by atoms with Gasteiger partial charge in [0.25, 0.3) is 0 Å². The maximum absolute atomic E-state index is 2.25. The van der Waals surface area contributed by atoms with Crippen LogP contribution in [0, 0.1) is 0 Å². The zero-order chi connectivity index (χ0) is 2.00. The SMILES string of the molecule is [Mn].[SeH][SeH].[W]. The van der Waals surface area contributed by atoms with Gasteiger partial charge in [-0.15, -0.1) is 0 Å². The molecule has 0 aromatic carbocycles. The molecule has 4 heavy (non-hydrogen) atoms. The van der Waals surface area contributed by atoms with Gasteiger partial charge in [0.2, 0.25) is 0 Å². The fourth-order valence-corrected chi connectivity index (χ4v) is 0. The van der Waals surface area contributed by atoms with Crippen molar-refractivity contribution < 1.29 is 38.1 Å². The first-order valence-corrected chi connectivity index (χ1v) is 5.40. The minimum atomic E-state index is 0. The van der Waals surface area contributed by atoms with Crippen LogP contribution in [0.1, 0.15) is 0 Å². The summed E-state index contributed by atoms with van der Waals surface area (Å²) in [5, 5.41) is 0. The van der Waals surface area contributed by atoms with Crippen LogP contribution in [0.15, 0.2) is 0 Å². The summed E-state index contributed by atoms with van der Waals surface area (Å²) in [7, 11) is 0. The van der Waals surface area contributed by atoms with Gasteiger partial charge in [0.1, 0.15) is 0 Å². The van der Waals surface area contributed by atoms with Crippen LogP contribution in [-0.2, 0) is 38.1 Å². The van der Waals surface area contributed by atoms with E-state index in [4.69, 9.17) is 0 Å². The minimum Gasteiger partial charge on any atom is 0 e. The molecule has 1 radical (unpaired) electrons. The van der Waals surface area contributed by atoms with E-state index in [0.29, 0.717) is 0 Å². The van der Waals surface area contributed by atoms with Gasteiger partial charge in [0.15, 0.2) is 0 Å². The van der Waals surface area contributed by atoms with Crippen LogP contribution in [0.25, 0.3) is 0 Å². The van der Waals surface area contributed by atoms with Gasteiger partial charge in [0, 0.05) is 38.1 Å². The second-order valence-electron chi connectivity index (χ2n) is 0. The molecule has 27 valence electrons. The van der Waals surface area contributed by atoms with Gasteiger partial charge >= 0.3 is 28.4 Å². The molecule has 0 heterocycles. The van der Waals surface area contributed by atoms with Crippen molar-refractivity contribution in [2.75, 3.05) is 0 Å². The van der Waals surface area contributed by atoms with Gasteiger partial charge in [-0.05, 0) is 0 Å². The molecule has 0 fully saturated rings. The van der Waals surface area contributed by atoms with Crippen molar-refractivity contribution in [1.82, 2.24) is 0 Å². The fraction of sp³-hybridized carbons (Fsp3) is 0. The molecule has 0 saturated heterocycles. The standard InChI is InChI=1S/Mn.H2Se2.W/c;1-2;/h;1-2H;. The van der Waals surface area contributed by atoms with E-state index in [-0.39, 0.29) is 38.1 Å². The van der Waals surface area contributed by atoms with Gasteiger partial charge < -0.3 is 0 Å². The molecule has 0 atom stereocenters. The predicted octanol–water partition coefficient (Wildman–Crippen LogP) is -1.30. The Morgan fingerprint density at radius 1 is 1.00 bits per heavy atom. The molecule has 0 aliphatic rings. The van der Waals surface area contributed by atoms with Crippen LogP contribution in [0.5, 0.6) is 0 Å². The third-order valence-electron chi connectivity index (χ3n) is 0. The molecule has 0 spiro atoms. The predicted molar refractivity (Wildman–Crippen MR) is 14.3 cm³/mol. The van der Waals surface area contributed by atoms with Crippen molar-refractivity contribution in [3.05, 3.63) is 0 Å². The first-order chi connectivity index (χ1) is 1.00. The zero-order valence-corrected chi connectivity index (χ0v) is 9.55. The van der Waals surface area contributed by atoms with Crippen LogP contribution in [0.2, 0.25) is 0 Å². The molecule has 0 aromatic heterocycles. The summed E-state index contributed by atoms with van der Waals surface area (Å²) < 4.78 is 0. The van der Waals surface area contributed by atoms with E-state index in [0.717, 1.165) is 0 Å². The summed E-state index contributed by atoms with van der Waals surface area (Å²) in [6.07, 6.45) is 0. The summed E-state index contributed by atoms with van der Waals surface area (Å²) in [5.74, 6) is 0. The van der Waals surface area contributed by atoms with E-state index in [1.165, 1.54) is 0 Å². The van der Waals surface area contributed by atoms with E-state index in [1.807, 2.05) is 0 Å². The Morgan fingerprint density at radius 2 is 1.00 bits per heavy atom. The Hall–Kier alpha value is 2.25. The molecule has 0 aliphatic heterocycles. The Balaban J connectivity index is -0.00000000500. The Bertz CT molecular complexity index is 6.00. The van der Waals surface area contributed by atoms with Gasteiger partial charge in [-0.25, -0.2) is 0 Å². The molecule has 0 saturated carbocycles. The summed E-state index contributed by atoms with van der Waals surface area (Å²) in [4.78, 5) is 0. The molecule has 0 aliphatic carbocycles. The van der Waals surface area contributed by atoms with Crippen LogP contribution < -0.4 is 0 Å². The zero-order valence-electron chi connectivity index (χ0n) is 1.68. The van der Waals surface area contributed by atoms with Crippen molar-refractivity contribution in [1.29, 1.82) is 0 Å². The maximum Gasteiger partial charge on any atom is 0 e. The van der Waals surface area contributed by atoms with Gasteiger partial charge in [0.05, 0.1) is 0 Å². The smallest absolute Gasteiger partial charge is 0 e. The molecular formula is H2MnSe2W. The van der Waals surface area contributed by atoms with Crippen LogP contribution >= 0.6 is 0 Å². The molecular weight excluding hydrogens is 397 g/mol. The normalized spacial score (nSPS) is 1.50. The van der Waals surface area contributed by atoms with Gasteiger partial charge in [-0.1, -0.05) is 0 Å². The molecule has 4 heteroatoms. The van der Waals surface area contributed by atoms with Crippen LogP contribution in [0.3, 0.4) is 0 Å². The fourth-order valence-electron chi connectivity index (χ4n) is 0. The molecule has 0 nitrogen and oxygen atoms in total. The molecule has 0 rings (SSSR count). The summed E-state index contributed by atoms with van der Waals surface area (Å²) >= 11 is 4.50. The number of hydrogen-bond donors (Lipinski definition) is 0. The Labute approximate surface area is 65.8 Å². The average molecular weight is 399 g/mol. The first kappa shape index (κ1) is 16.3. The van der Waals surface area contributed by atoms with E-state index >= 15 is 0 Å². The van der Waals surface area contributed by atoms with E-state index in [2.05, 4.69) is 28.4 Å². The second kappa shape index (κ2) is 18.7.